The van der Waals surface area contributed by atoms with Crippen molar-refractivity contribution in [3.05, 3.63) is 56.4 Å². The molecule has 0 bridgehead atoms. The fourth-order valence-electron chi connectivity index (χ4n) is 2.09. The molecule has 0 atom stereocenters. The molecule has 0 aliphatic heterocycles. The lowest BCUT2D eigenvalue weighted by Crippen LogP contribution is -1.88. The highest BCUT2D eigenvalue weighted by Crippen LogP contribution is 2.40. The summed E-state index contributed by atoms with van der Waals surface area (Å²) in [5, 5.41) is 4.65. The summed E-state index contributed by atoms with van der Waals surface area (Å²) < 4.78 is 7.02. The second kappa shape index (κ2) is 5.83. The third-order valence-corrected chi connectivity index (χ3v) is 4.32. The summed E-state index contributed by atoms with van der Waals surface area (Å²) in [5.41, 5.74) is 9.00. The van der Waals surface area contributed by atoms with Crippen molar-refractivity contribution >= 4 is 49.3 Å². The van der Waals surface area contributed by atoms with Crippen LogP contribution in [0.3, 0.4) is 0 Å². The Morgan fingerprint density at radius 1 is 1.05 bits per heavy atom. The summed E-state index contributed by atoms with van der Waals surface area (Å²) in [6.45, 7) is 0. The summed E-state index contributed by atoms with van der Waals surface area (Å²) in [6, 6.07) is 13.4. The van der Waals surface area contributed by atoms with Gasteiger partial charge in [-0.15, -0.1) is 0 Å². The van der Waals surface area contributed by atoms with Crippen molar-refractivity contribution in [2.75, 3.05) is 5.73 Å². The lowest BCUT2D eigenvalue weighted by Gasteiger charge is -2.05. The highest BCUT2D eigenvalue weighted by Gasteiger charge is 2.19. The Kier molecular flexibility index (Phi) is 4.06. The first-order valence-corrected chi connectivity index (χ1v) is 7.99. The van der Waals surface area contributed by atoms with Crippen LogP contribution in [0.5, 0.6) is 0 Å². The first kappa shape index (κ1) is 14.6. The minimum Gasteiger partial charge on any atom is -0.367 e. The van der Waals surface area contributed by atoms with Gasteiger partial charge in [-0.25, -0.2) is 0 Å². The predicted molar refractivity (Wildman–Crippen MR) is 92.2 cm³/mol. The molecule has 0 saturated carbocycles. The zero-order valence-electron chi connectivity index (χ0n) is 10.6. The Hall–Kier alpha value is -1.30. The van der Waals surface area contributed by atoms with Crippen LogP contribution in [0, 0.1) is 0 Å². The molecule has 6 heteroatoms. The average molecular weight is 429 g/mol. The van der Waals surface area contributed by atoms with Crippen molar-refractivity contribution in [1.29, 1.82) is 0 Å². The monoisotopic (exact) mass is 426 g/mol. The Bertz CT molecular complexity index is 817. The van der Waals surface area contributed by atoms with E-state index in [-0.39, 0.29) is 5.88 Å². The average Bonchev–Trinajstić information content (AvgIpc) is 2.80. The second-order valence-corrected chi connectivity index (χ2v) is 6.64. The van der Waals surface area contributed by atoms with E-state index in [1.165, 1.54) is 0 Å². The van der Waals surface area contributed by atoms with E-state index in [0.29, 0.717) is 10.7 Å². The molecule has 106 valence electrons. The minimum absolute atomic E-state index is 0.266. The molecule has 1 aromatic heterocycles. The Balaban J connectivity index is 2.22. The van der Waals surface area contributed by atoms with Gasteiger partial charge in [-0.1, -0.05) is 66.8 Å². The van der Waals surface area contributed by atoms with Crippen LogP contribution in [0.25, 0.3) is 22.4 Å². The van der Waals surface area contributed by atoms with Gasteiger partial charge in [0.25, 0.3) is 0 Å². The fraction of sp³-hybridized carbons (Fsp3) is 0. The molecule has 0 saturated heterocycles. The number of hydrogen-bond acceptors (Lipinski definition) is 3. The molecule has 0 unspecified atom stereocenters. The van der Waals surface area contributed by atoms with Crippen molar-refractivity contribution in [3.8, 4) is 22.4 Å². The van der Waals surface area contributed by atoms with Gasteiger partial charge in [0.2, 0.25) is 5.88 Å². The van der Waals surface area contributed by atoms with Crippen molar-refractivity contribution in [1.82, 2.24) is 5.16 Å². The Morgan fingerprint density at radius 2 is 1.81 bits per heavy atom. The maximum atomic E-state index is 6.30. The zero-order chi connectivity index (χ0) is 15.0. The number of nitrogen functional groups attached to an aromatic ring is 1. The number of halogens is 3. The smallest absolute Gasteiger partial charge is 0.230 e. The number of hydrogen-bond donors (Lipinski definition) is 1. The molecule has 0 radical (unpaired) electrons. The summed E-state index contributed by atoms with van der Waals surface area (Å²) >= 11 is 13.1. The molecule has 0 spiro atoms. The zero-order valence-corrected chi connectivity index (χ0v) is 14.5. The molecule has 2 N–H and O–H groups in total. The van der Waals surface area contributed by atoms with E-state index >= 15 is 0 Å². The van der Waals surface area contributed by atoms with Gasteiger partial charge in [0.1, 0.15) is 5.69 Å². The van der Waals surface area contributed by atoms with Crippen molar-refractivity contribution in [3.63, 3.8) is 0 Å². The molecule has 0 aliphatic carbocycles. The van der Waals surface area contributed by atoms with Gasteiger partial charge in [0.05, 0.1) is 10.6 Å². The van der Waals surface area contributed by atoms with Crippen LogP contribution in [0.4, 0.5) is 5.88 Å². The molecule has 0 fully saturated rings. The molecule has 0 amide bonds. The Labute approximate surface area is 143 Å². The quantitative estimate of drug-likeness (QED) is 0.564. The van der Waals surface area contributed by atoms with E-state index in [9.17, 15) is 0 Å². The van der Waals surface area contributed by atoms with Gasteiger partial charge >= 0.3 is 0 Å². The Morgan fingerprint density at radius 3 is 2.52 bits per heavy atom. The number of rotatable bonds is 2. The second-order valence-electron chi connectivity index (χ2n) is 4.40. The van der Waals surface area contributed by atoms with Crippen LogP contribution >= 0.6 is 43.5 Å². The molecule has 2 aromatic carbocycles. The summed E-state index contributed by atoms with van der Waals surface area (Å²) in [4.78, 5) is 0. The minimum atomic E-state index is 0.266. The lowest BCUT2D eigenvalue weighted by atomic mass is 10.0. The number of aromatic nitrogens is 1. The highest BCUT2D eigenvalue weighted by molar-refractivity contribution is 9.10. The maximum absolute atomic E-state index is 6.30. The van der Waals surface area contributed by atoms with Gasteiger partial charge in [0.15, 0.2) is 0 Å². The third-order valence-electron chi connectivity index (χ3n) is 3.02. The SMILES string of the molecule is Nc1onc(-c2ccc(Br)cc2Cl)c1-c1cccc(Br)c1. The normalized spacial score (nSPS) is 10.8. The van der Waals surface area contributed by atoms with E-state index in [4.69, 9.17) is 21.9 Å². The van der Waals surface area contributed by atoms with Crippen LogP contribution < -0.4 is 5.73 Å². The largest absolute Gasteiger partial charge is 0.367 e. The van der Waals surface area contributed by atoms with Crippen LogP contribution in [0.15, 0.2) is 55.9 Å². The van der Waals surface area contributed by atoms with E-state index < -0.39 is 0 Å². The van der Waals surface area contributed by atoms with E-state index in [1.54, 1.807) is 0 Å². The number of anilines is 1. The molecule has 3 nitrogen and oxygen atoms in total. The predicted octanol–water partition coefficient (Wildman–Crippen LogP) is 5.77. The van der Waals surface area contributed by atoms with E-state index in [2.05, 4.69) is 37.0 Å². The van der Waals surface area contributed by atoms with E-state index in [0.717, 1.165) is 25.6 Å². The van der Waals surface area contributed by atoms with Gasteiger partial charge in [0, 0.05) is 14.5 Å². The van der Waals surface area contributed by atoms with Crippen molar-refractivity contribution in [2.45, 2.75) is 0 Å². The van der Waals surface area contributed by atoms with Crippen LogP contribution in [0.1, 0.15) is 0 Å². The van der Waals surface area contributed by atoms with Gasteiger partial charge in [-0.2, -0.15) is 0 Å². The van der Waals surface area contributed by atoms with Gasteiger partial charge < -0.3 is 10.3 Å². The van der Waals surface area contributed by atoms with Gasteiger partial charge in [-0.3, -0.25) is 0 Å². The maximum Gasteiger partial charge on any atom is 0.230 e. The first-order valence-electron chi connectivity index (χ1n) is 6.03. The summed E-state index contributed by atoms with van der Waals surface area (Å²) in [6.07, 6.45) is 0. The highest BCUT2D eigenvalue weighted by atomic mass is 79.9. The lowest BCUT2D eigenvalue weighted by molar-refractivity contribution is 0.439. The molecule has 3 rings (SSSR count). The molecule has 1 heterocycles. The van der Waals surface area contributed by atoms with Crippen molar-refractivity contribution < 1.29 is 4.52 Å². The summed E-state index contributed by atoms with van der Waals surface area (Å²) in [5.74, 6) is 0.266. The molecular formula is C15H9Br2ClN2O. The molecular weight excluding hydrogens is 419 g/mol. The van der Waals surface area contributed by atoms with Crippen molar-refractivity contribution in [2.24, 2.45) is 0 Å². The third kappa shape index (κ3) is 2.86. The molecule has 3 aromatic rings. The number of nitrogens with two attached hydrogens (primary N) is 1. The van der Waals surface area contributed by atoms with Gasteiger partial charge in [-0.05, 0) is 29.8 Å². The van der Waals surface area contributed by atoms with Crippen LogP contribution in [-0.4, -0.2) is 5.16 Å². The first-order chi connectivity index (χ1) is 10.1. The van der Waals surface area contributed by atoms with Crippen LogP contribution in [-0.2, 0) is 0 Å². The topological polar surface area (TPSA) is 52.0 Å². The standard InChI is InChI=1S/C15H9Br2ClN2O/c16-9-3-1-2-8(6-9)13-14(20-21-15(13)19)11-5-4-10(17)7-12(11)18/h1-7H,19H2. The van der Waals surface area contributed by atoms with E-state index in [1.807, 2.05) is 42.5 Å². The fourth-order valence-corrected chi connectivity index (χ4v) is 3.25. The summed E-state index contributed by atoms with van der Waals surface area (Å²) in [7, 11) is 0. The van der Waals surface area contributed by atoms with Crippen LogP contribution in [0.2, 0.25) is 5.02 Å². The number of nitrogens with zero attached hydrogens (tertiary/aromatic N) is 1. The molecule has 0 aliphatic rings. The number of benzene rings is 2. The molecule has 21 heavy (non-hydrogen) atoms.